The third-order valence-corrected chi connectivity index (χ3v) is 2.33. The van der Waals surface area contributed by atoms with Crippen molar-refractivity contribution < 1.29 is 0 Å². The molecule has 3 N–H and O–H groups in total. The number of hydrogen-bond acceptors (Lipinski definition) is 2. The van der Waals surface area contributed by atoms with Gasteiger partial charge in [-0.3, -0.25) is 0 Å². The van der Waals surface area contributed by atoms with Gasteiger partial charge in [0.15, 0.2) is 0 Å². The van der Waals surface area contributed by atoms with Gasteiger partial charge in [0.2, 0.25) is 0 Å². The average molecular weight is 166 g/mol. The van der Waals surface area contributed by atoms with Gasteiger partial charge in [-0.15, -0.1) is 11.8 Å². The third-order valence-electron chi connectivity index (χ3n) is 2.33. The maximum Gasteiger partial charge on any atom is 0.0214 e. The molecule has 0 aromatic carbocycles. The number of nitrogens with two attached hydrogens (primary N) is 1. The molecule has 1 fully saturated rings. The van der Waals surface area contributed by atoms with Crippen LogP contribution >= 0.6 is 0 Å². The van der Waals surface area contributed by atoms with Gasteiger partial charge in [-0.05, 0) is 26.2 Å². The standard InChI is InChI=1S/C10H18N2/c1-2-3-4-7-12-10-6-5-9(11)8-10/h9-10,12H,4-8,11H2,1H3. The van der Waals surface area contributed by atoms with E-state index in [-0.39, 0.29) is 0 Å². The van der Waals surface area contributed by atoms with E-state index in [1.807, 2.05) is 6.92 Å². The van der Waals surface area contributed by atoms with E-state index >= 15 is 0 Å². The van der Waals surface area contributed by atoms with Crippen LogP contribution in [-0.2, 0) is 0 Å². The Morgan fingerprint density at radius 2 is 2.33 bits per heavy atom. The molecule has 0 aromatic rings. The van der Waals surface area contributed by atoms with Crippen LogP contribution in [0.25, 0.3) is 0 Å². The summed E-state index contributed by atoms with van der Waals surface area (Å²) < 4.78 is 0. The lowest BCUT2D eigenvalue weighted by molar-refractivity contribution is 0.525. The van der Waals surface area contributed by atoms with Gasteiger partial charge in [-0.25, -0.2) is 0 Å². The zero-order valence-electron chi connectivity index (χ0n) is 7.77. The first kappa shape index (κ1) is 9.57. The first-order valence-electron chi connectivity index (χ1n) is 4.71. The van der Waals surface area contributed by atoms with Crippen molar-refractivity contribution in [3.05, 3.63) is 0 Å². The van der Waals surface area contributed by atoms with Crippen LogP contribution < -0.4 is 11.1 Å². The Labute approximate surface area is 74.9 Å². The largest absolute Gasteiger partial charge is 0.328 e. The molecule has 1 aliphatic carbocycles. The molecule has 0 saturated heterocycles. The summed E-state index contributed by atoms with van der Waals surface area (Å²) in [7, 11) is 0. The molecule has 0 radical (unpaired) electrons. The molecule has 0 bridgehead atoms. The van der Waals surface area contributed by atoms with Crippen LogP contribution in [0, 0.1) is 11.8 Å². The van der Waals surface area contributed by atoms with E-state index < -0.39 is 0 Å². The maximum absolute atomic E-state index is 5.79. The SMILES string of the molecule is CC#CCCNC1CCC(N)C1. The van der Waals surface area contributed by atoms with Crippen molar-refractivity contribution in [3.63, 3.8) is 0 Å². The highest BCUT2D eigenvalue weighted by atomic mass is 14.9. The Bertz CT molecular complexity index is 178. The van der Waals surface area contributed by atoms with Crippen LogP contribution in [-0.4, -0.2) is 18.6 Å². The molecule has 12 heavy (non-hydrogen) atoms. The molecule has 0 heterocycles. The Balaban J connectivity index is 2.03. The minimum Gasteiger partial charge on any atom is -0.328 e. The fourth-order valence-electron chi connectivity index (χ4n) is 1.67. The Hall–Kier alpha value is -0.520. The summed E-state index contributed by atoms with van der Waals surface area (Å²) in [6.45, 7) is 2.89. The van der Waals surface area contributed by atoms with E-state index in [4.69, 9.17) is 5.73 Å². The minimum absolute atomic E-state index is 0.430. The third kappa shape index (κ3) is 3.25. The van der Waals surface area contributed by atoms with Gasteiger partial charge in [-0.1, -0.05) is 0 Å². The lowest BCUT2D eigenvalue weighted by Gasteiger charge is -2.09. The van der Waals surface area contributed by atoms with Gasteiger partial charge in [0.25, 0.3) is 0 Å². The summed E-state index contributed by atoms with van der Waals surface area (Å²) in [5.74, 6) is 5.93. The molecular formula is C10H18N2. The van der Waals surface area contributed by atoms with Gasteiger partial charge in [0, 0.05) is 25.0 Å². The predicted octanol–water partition coefficient (Wildman–Crippen LogP) is 0.869. The molecule has 2 unspecified atom stereocenters. The van der Waals surface area contributed by atoms with E-state index in [0.717, 1.165) is 19.4 Å². The van der Waals surface area contributed by atoms with Gasteiger partial charge < -0.3 is 11.1 Å². The molecule has 0 spiro atoms. The van der Waals surface area contributed by atoms with Gasteiger partial charge in [0.1, 0.15) is 0 Å². The van der Waals surface area contributed by atoms with E-state index in [2.05, 4.69) is 17.2 Å². The van der Waals surface area contributed by atoms with E-state index in [1.54, 1.807) is 0 Å². The zero-order valence-corrected chi connectivity index (χ0v) is 7.77. The van der Waals surface area contributed by atoms with Crippen LogP contribution in [0.4, 0.5) is 0 Å². The molecule has 2 heteroatoms. The molecule has 1 aliphatic rings. The monoisotopic (exact) mass is 166 g/mol. The van der Waals surface area contributed by atoms with Crippen LogP contribution in [0.1, 0.15) is 32.6 Å². The maximum atomic E-state index is 5.79. The quantitative estimate of drug-likeness (QED) is 0.482. The lowest BCUT2D eigenvalue weighted by Crippen LogP contribution is -2.29. The minimum atomic E-state index is 0.430. The highest BCUT2D eigenvalue weighted by Crippen LogP contribution is 2.16. The summed E-state index contributed by atoms with van der Waals surface area (Å²) in [4.78, 5) is 0. The fraction of sp³-hybridized carbons (Fsp3) is 0.800. The van der Waals surface area contributed by atoms with Gasteiger partial charge in [-0.2, -0.15) is 0 Å². The van der Waals surface area contributed by atoms with Crippen LogP contribution in [0.3, 0.4) is 0 Å². The van der Waals surface area contributed by atoms with Crippen molar-refractivity contribution >= 4 is 0 Å². The number of nitrogens with one attached hydrogen (secondary N) is 1. The summed E-state index contributed by atoms with van der Waals surface area (Å²) >= 11 is 0. The lowest BCUT2D eigenvalue weighted by atomic mass is 10.2. The first-order valence-corrected chi connectivity index (χ1v) is 4.71. The van der Waals surface area contributed by atoms with E-state index in [0.29, 0.717) is 12.1 Å². The van der Waals surface area contributed by atoms with Crippen LogP contribution in [0.5, 0.6) is 0 Å². The van der Waals surface area contributed by atoms with Crippen molar-refractivity contribution in [2.45, 2.75) is 44.7 Å². The summed E-state index contributed by atoms with van der Waals surface area (Å²) in [5.41, 5.74) is 5.79. The number of hydrogen-bond donors (Lipinski definition) is 2. The second-order valence-electron chi connectivity index (χ2n) is 3.40. The average Bonchev–Trinajstić information content (AvgIpc) is 2.45. The molecule has 1 saturated carbocycles. The van der Waals surface area contributed by atoms with Crippen LogP contribution in [0.2, 0.25) is 0 Å². The highest BCUT2D eigenvalue weighted by molar-refractivity contribution is 4.95. The Morgan fingerprint density at radius 1 is 1.50 bits per heavy atom. The highest BCUT2D eigenvalue weighted by Gasteiger charge is 2.20. The van der Waals surface area contributed by atoms with Crippen molar-refractivity contribution in [1.82, 2.24) is 5.32 Å². The van der Waals surface area contributed by atoms with Crippen molar-refractivity contribution in [2.75, 3.05) is 6.54 Å². The molecule has 68 valence electrons. The smallest absolute Gasteiger partial charge is 0.0214 e. The Morgan fingerprint density at radius 3 is 2.92 bits per heavy atom. The Kier molecular flexibility index (Phi) is 4.13. The summed E-state index contributed by atoms with van der Waals surface area (Å²) in [6.07, 6.45) is 4.51. The van der Waals surface area contributed by atoms with Crippen molar-refractivity contribution in [3.8, 4) is 11.8 Å². The molecule has 0 aliphatic heterocycles. The normalized spacial score (nSPS) is 28.2. The molecule has 1 rings (SSSR count). The number of rotatable bonds is 3. The summed E-state index contributed by atoms with van der Waals surface area (Å²) in [5, 5.41) is 3.46. The van der Waals surface area contributed by atoms with Gasteiger partial charge >= 0.3 is 0 Å². The van der Waals surface area contributed by atoms with Gasteiger partial charge in [0.05, 0.1) is 0 Å². The molecule has 0 amide bonds. The van der Waals surface area contributed by atoms with Crippen molar-refractivity contribution in [2.24, 2.45) is 5.73 Å². The topological polar surface area (TPSA) is 38.0 Å². The fourth-order valence-corrected chi connectivity index (χ4v) is 1.67. The molecule has 0 aromatic heterocycles. The van der Waals surface area contributed by atoms with E-state index in [1.165, 1.54) is 12.8 Å². The second kappa shape index (κ2) is 5.18. The molecular weight excluding hydrogens is 148 g/mol. The van der Waals surface area contributed by atoms with Crippen LogP contribution in [0.15, 0.2) is 0 Å². The van der Waals surface area contributed by atoms with E-state index in [9.17, 15) is 0 Å². The molecule has 2 nitrogen and oxygen atoms in total. The molecule has 2 atom stereocenters. The summed E-state index contributed by atoms with van der Waals surface area (Å²) in [6, 6.07) is 1.08. The van der Waals surface area contributed by atoms with Crippen molar-refractivity contribution in [1.29, 1.82) is 0 Å². The predicted molar refractivity (Wildman–Crippen MR) is 51.7 cm³/mol. The first-order chi connectivity index (χ1) is 5.83. The second-order valence-corrected chi connectivity index (χ2v) is 3.40. The zero-order chi connectivity index (χ0) is 8.81.